The van der Waals surface area contributed by atoms with Crippen molar-refractivity contribution in [2.45, 2.75) is 26.8 Å². The smallest absolute Gasteiger partial charge is 0.221 e. The zero-order valence-corrected chi connectivity index (χ0v) is 12.6. The van der Waals surface area contributed by atoms with Crippen molar-refractivity contribution in [2.24, 2.45) is 16.8 Å². The Kier molecular flexibility index (Phi) is 7.25. The molecule has 6 nitrogen and oxygen atoms in total. The lowest BCUT2D eigenvalue weighted by Gasteiger charge is -2.09. The van der Waals surface area contributed by atoms with Gasteiger partial charge in [0.15, 0.2) is 5.84 Å². The highest BCUT2D eigenvalue weighted by atomic mass is 16.4. The van der Waals surface area contributed by atoms with E-state index < -0.39 is 0 Å². The summed E-state index contributed by atoms with van der Waals surface area (Å²) in [5, 5.41) is 17.7. The molecular formula is C15H24N4O2. The van der Waals surface area contributed by atoms with Gasteiger partial charge in [0.25, 0.3) is 0 Å². The number of amidine groups is 1. The number of nitrogens with one attached hydrogen (secondary N) is 2. The quantitative estimate of drug-likeness (QED) is 0.189. The molecule has 0 atom stereocenters. The summed E-state index contributed by atoms with van der Waals surface area (Å²) in [7, 11) is 0. The van der Waals surface area contributed by atoms with E-state index >= 15 is 0 Å². The van der Waals surface area contributed by atoms with Gasteiger partial charge in [0.05, 0.1) is 0 Å². The number of amides is 1. The SMILES string of the molecule is CC(C)CNC(=O)CCNCc1cccc(/C(N)=N/O)c1. The fourth-order valence-electron chi connectivity index (χ4n) is 1.74. The van der Waals surface area contributed by atoms with Gasteiger partial charge >= 0.3 is 0 Å². The Labute approximate surface area is 125 Å². The van der Waals surface area contributed by atoms with Crippen LogP contribution in [0, 0.1) is 5.92 Å². The van der Waals surface area contributed by atoms with Gasteiger partial charge in [-0.05, 0) is 17.5 Å². The van der Waals surface area contributed by atoms with E-state index in [9.17, 15) is 4.79 Å². The van der Waals surface area contributed by atoms with Gasteiger partial charge in [-0.3, -0.25) is 4.79 Å². The number of nitrogens with zero attached hydrogens (tertiary/aromatic N) is 1. The second-order valence-corrected chi connectivity index (χ2v) is 5.31. The van der Waals surface area contributed by atoms with Crippen LogP contribution in [0.1, 0.15) is 31.4 Å². The first-order chi connectivity index (χ1) is 10.0. The minimum Gasteiger partial charge on any atom is -0.409 e. The highest BCUT2D eigenvalue weighted by Crippen LogP contribution is 2.04. The van der Waals surface area contributed by atoms with E-state index in [1.165, 1.54) is 0 Å². The van der Waals surface area contributed by atoms with Gasteiger partial charge in [0.2, 0.25) is 5.91 Å². The van der Waals surface area contributed by atoms with Crippen molar-refractivity contribution in [3.8, 4) is 0 Å². The van der Waals surface area contributed by atoms with Gasteiger partial charge in [-0.25, -0.2) is 0 Å². The van der Waals surface area contributed by atoms with Crippen LogP contribution in [0.5, 0.6) is 0 Å². The van der Waals surface area contributed by atoms with Crippen LogP contribution in [-0.2, 0) is 11.3 Å². The van der Waals surface area contributed by atoms with Crippen molar-refractivity contribution in [1.29, 1.82) is 0 Å². The van der Waals surface area contributed by atoms with Crippen molar-refractivity contribution < 1.29 is 10.0 Å². The lowest BCUT2D eigenvalue weighted by Crippen LogP contribution is -2.30. The molecule has 0 spiro atoms. The molecule has 1 rings (SSSR count). The van der Waals surface area contributed by atoms with Crippen molar-refractivity contribution in [2.75, 3.05) is 13.1 Å². The van der Waals surface area contributed by atoms with Crippen LogP contribution < -0.4 is 16.4 Å². The fourth-order valence-corrected chi connectivity index (χ4v) is 1.74. The van der Waals surface area contributed by atoms with Gasteiger partial charge in [-0.1, -0.05) is 37.2 Å². The van der Waals surface area contributed by atoms with E-state index in [1.807, 2.05) is 18.2 Å². The molecule has 0 unspecified atom stereocenters. The molecule has 0 aromatic heterocycles. The molecule has 0 aliphatic heterocycles. The molecule has 1 amide bonds. The Morgan fingerprint density at radius 3 is 2.86 bits per heavy atom. The lowest BCUT2D eigenvalue weighted by atomic mass is 10.1. The molecule has 0 fully saturated rings. The Hall–Kier alpha value is -2.08. The summed E-state index contributed by atoms with van der Waals surface area (Å²) in [6.07, 6.45) is 0.451. The maximum atomic E-state index is 11.5. The van der Waals surface area contributed by atoms with Crippen LogP contribution >= 0.6 is 0 Å². The third-order valence-corrected chi connectivity index (χ3v) is 2.90. The first-order valence-electron chi connectivity index (χ1n) is 7.07. The van der Waals surface area contributed by atoms with Gasteiger partial charge in [0.1, 0.15) is 0 Å². The molecule has 1 aromatic carbocycles. The summed E-state index contributed by atoms with van der Waals surface area (Å²) in [5.41, 5.74) is 7.23. The van der Waals surface area contributed by atoms with E-state index in [1.54, 1.807) is 6.07 Å². The number of oxime groups is 1. The molecule has 6 heteroatoms. The Balaban J connectivity index is 2.31. The highest BCUT2D eigenvalue weighted by Gasteiger charge is 2.03. The van der Waals surface area contributed by atoms with Crippen LogP contribution in [0.15, 0.2) is 29.4 Å². The average Bonchev–Trinajstić information content (AvgIpc) is 2.49. The molecule has 0 saturated heterocycles. The van der Waals surface area contributed by atoms with Crippen LogP contribution in [0.3, 0.4) is 0 Å². The third-order valence-electron chi connectivity index (χ3n) is 2.90. The monoisotopic (exact) mass is 292 g/mol. The molecule has 5 N–H and O–H groups in total. The molecule has 0 radical (unpaired) electrons. The predicted molar refractivity (Wildman–Crippen MR) is 83.1 cm³/mol. The number of carbonyl (C=O) groups excluding carboxylic acids is 1. The van der Waals surface area contributed by atoms with E-state index in [2.05, 4.69) is 29.6 Å². The molecule has 0 heterocycles. The summed E-state index contributed by atoms with van der Waals surface area (Å²) in [4.78, 5) is 11.5. The van der Waals surface area contributed by atoms with Crippen molar-refractivity contribution in [1.82, 2.24) is 10.6 Å². The van der Waals surface area contributed by atoms with Gasteiger partial charge in [-0.2, -0.15) is 0 Å². The maximum Gasteiger partial charge on any atom is 0.221 e. The summed E-state index contributed by atoms with van der Waals surface area (Å²) < 4.78 is 0. The van der Waals surface area contributed by atoms with Gasteiger partial charge < -0.3 is 21.6 Å². The summed E-state index contributed by atoms with van der Waals surface area (Å²) >= 11 is 0. The number of rotatable bonds is 8. The van der Waals surface area contributed by atoms with E-state index in [-0.39, 0.29) is 11.7 Å². The molecule has 0 aliphatic rings. The number of hydrogen-bond acceptors (Lipinski definition) is 4. The Morgan fingerprint density at radius 1 is 1.43 bits per heavy atom. The molecule has 0 saturated carbocycles. The minimum absolute atomic E-state index is 0.0570. The number of hydrogen-bond donors (Lipinski definition) is 4. The van der Waals surface area contributed by atoms with Crippen LogP contribution in [-0.4, -0.2) is 30.0 Å². The summed E-state index contributed by atoms with van der Waals surface area (Å²) in [6, 6.07) is 7.42. The summed E-state index contributed by atoms with van der Waals surface area (Å²) in [5.74, 6) is 0.606. The van der Waals surface area contributed by atoms with Crippen LogP contribution in [0.2, 0.25) is 0 Å². The molecule has 0 bridgehead atoms. The molecule has 1 aromatic rings. The Morgan fingerprint density at radius 2 is 2.19 bits per heavy atom. The topological polar surface area (TPSA) is 99.7 Å². The fraction of sp³-hybridized carbons (Fsp3) is 0.467. The molecular weight excluding hydrogens is 268 g/mol. The largest absolute Gasteiger partial charge is 0.409 e. The van der Waals surface area contributed by atoms with Crippen LogP contribution in [0.4, 0.5) is 0 Å². The zero-order chi connectivity index (χ0) is 15.7. The van der Waals surface area contributed by atoms with E-state index in [0.717, 1.165) is 5.56 Å². The van der Waals surface area contributed by atoms with Crippen molar-refractivity contribution in [3.63, 3.8) is 0 Å². The van der Waals surface area contributed by atoms with E-state index in [4.69, 9.17) is 10.9 Å². The average molecular weight is 292 g/mol. The lowest BCUT2D eigenvalue weighted by molar-refractivity contribution is -0.121. The highest BCUT2D eigenvalue weighted by molar-refractivity contribution is 5.97. The van der Waals surface area contributed by atoms with Crippen LogP contribution in [0.25, 0.3) is 0 Å². The van der Waals surface area contributed by atoms with Crippen molar-refractivity contribution in [3.05, 3.63) is 35.4 Å². The number of carbonyl (C=O) groups is 1. The predicted octanol–water partition coefficient (Wildman–Crippen LogP) is 1.03. The first kappa shape index (κ1) is 17.0. The maximum absolute atomic E-state index is 11.5. The normalized spacial score (nSPS) is 11.7. The number of benzene rings is 1. The van der Waals surface area contributed by atoms with Gasteiger partial charge in [0, 0.05) is 31.6 Å². The third kappa shape index (κ3) is 6.76. The second kappa shape index (κ2) is 8.97. The molecule has 0 aliphatic carbocycles. The molecule has 21 heavy (non-hydrogen) atoms. The van der Waals surface area contributed by atoms with Crippen molar-refractivity contribution >= 4 is 11.7 Å². The Bertz CT molecular complexity index is 486. The zero-order valence-electron chi connectivity index (χ0n) is 12.6. The van der Waals surface area contributed by atoms with E-state index in [0.29, 0.717) is 37.5 Å². The number of nitrogens with two attached hydrogens (primary N) is 1. The molecule has 116 valence electrons. The standard InChI is InChI=1S/C15H24N4O2/c1-11(2)9-18-14(20)6-7-17-10-12-4-3-5-13(8-12)15(16)19-21/h3-5,8,11,17,21H,6-7,9-10H2,1-2H3,(H2,16,19)(H,18,20). The van der Waals surface area contributed by atoms with Gasteiger partial charge in [-0.15, -0.1) is 0 Å². The summed E-state index contributed by atoms with van der Waals surface area (Å²) in [6.45, 7) is 6.07. The first-order valence-corrected chi connectivity index (χ1v) is 7.07. The second-order valence-electron chi connectivity index (χ2n) is 5.31. The minimum atomic E-state index is 0.0570.